The number of morpholine rings is 1. The normalized spacial score (nSPS) is 17.5. The molecule has 1 aromatic carbocycles. The van der Waals surface area contributed by atoms with Crippen molar-refractivity contribution < 1.29 is 14.3 Å². The Kier molecular flexibility index (Phi) is 6.44. The van der Waals surface area contributed by atoms with Crippen LogP contribution in [0, 0.1) is 5.92 Å². The zero-order chi connectivity index (χ0) is 17.6. The van der Waals surface area contributed by atoms with Gasteiger partial charge in [-0.2, -0.15) is 0 Å². The van der Waals surface area contributed by atoms with E-state index >= 15 is 0 Å². The summed E-state index contributed by atoms with van der Waals surface area (Å²) in [6, 6.07) is 10.3. The van der Waals surface area contributed by atoms with Crippen molar-refractivity contribution in [2.24, 2.45) is 5.92 Å². The summed E-state index contributed by atoms with van der Waals surface area (Å²) in [5.41, 5.74) is 1.91. The maximum atomic E-state index is 12.1. The fourth-order valence-electron chi connectivity index (χ4n) is 2.77. The second-order valence-corrected chi connectivity index (χ2v) is 7.29. The van der Waals surface area contributed by atoms with E-state index in [1.54, 1.807) is 0 Å². The highest BCUT2D eigenvalue weighted by atomic mass is 16.6. The van der Waals surface area contributed by atoms with Crippen LogP contribution >= 0.6 is 0 Å². The number of allylic oxidation sites excluding steroid dienone is 1. The topological polar surface area (TPSA) is 38.8 Å². The maximum Gasteiger partial charge on any atom is 0.306 e. The minimum atomic E-state index is -0.438. The van der Waals surface area contributed by atoms with Crippen LogP contribution in [-0.2, 0) is 14.3 Å². The molecule has 0 aliphatic carbocycles. The van der Waals surface area contributed by atoms with E-state index in [4.69, 9.17) is 9.47 Å². The minimum Gasteiger partial charge on any atom is -0.460 e. The van der Waals surface area contributed by atoms with Crippen LogP contribution in [0.15, 0.2) is 36.4 Å². The zero-order valence-corrected chi connectivity index (χ0v) is 15.2. The van der Waals surface area contributed by atoms with Crippen molar-refractivity contribution in [2.45, 2.75) is 39.7 Å². The number of hydrogen-bond donors (Lipinski definition) is 0. The Bertz CT molecular complexity index is 554. The van der Waals surface area contributed by atoms with Crippen LogP contribution in [0.5, 0.6) is 0 Å². The number of ether oxygens (including phenoxy) is 2. The van der Waals surface area contributed by atoms with Crippen LogP contribution in [0.1, 0.15) is 39.7 Å². The summed E-state index contributed by atoms with van der Waals surface area (Å²) in [7, 11) is 0. The van der Waals surface area contributed by atoms with Crippen molar-refractivity contribution in [3.05, 3.63) is 42.0 Å². The summed E-state index contributed by atoms with van der Waals surface area (Å²) in [6.45, 7) is 11.0. The molecule has 1 aliphatic heterocycles. The van der Waals surface area contributed by atoms with Crippen molar-refractivity contribution in [1.29, 1.82) is 0 Å². The number of rotatable bonds is 5. The molecular weight excluding hydrogens is 302 g/mol. The molecule has 2 rings (SSSR count). The SMILES string of the molecule is CC(/C=C(\c1ccccc1)N1CCOCC1)CC(=O)OC(C)(C)C. The first-order valence-corrected chi connectivity index (χ1v) is 8.67. The number of hydrogen-bond acceptors (Lipinski definition) is 4. The number of esters is 1. The Morgan fingerprint density at radius 3 is 2.46 bits per heavy atom. The Morgan fingerprint density at radius 1 is 1.25 bits per heavy atom. The van der Waals surface area contributed by atoms with Gasteiger partial charge in [-0.05, 0) is 32.3 Å². The lowest BCUT2D eigenvalue weighted by molar-refractivity contribution is -0.155. The van der Waals surface area contributed by atoms with Gasteiger partial charge in [0, 0.05) is 18.8 Å². The Morgan fingerprint density at radius 2 is 1.88 bits per heavy atom. The molecule has 1 heterocycles. The summed E-state index contributed by atoms with van der Waals surface area (Å²) in [5, 5.41) is 0. The van der Waals surface area contributed by atoms with Crippen molar-refractivity contribution in [2.75, 3.05) is 26.3 Å². The Labute approximate surface area is 145 Å². The first-order chi connectivity index (χ1) is 11.3. The monoisotopic (exact) mass is 331 g/mol. The molecular formula is C20H29NO3. The van der Waals surface area contributed by atoms with Gasteiger partial charge in [0.1, 0.15) is 5.60 Å². The van der Waals surface area contributed by atoms with Crippen LogP contribution in [0.3, 0.4) is 0 Å². The van der Waals surface area contributed by atoms with Gasteiger partial charge >= 0.3 is 5.97 Å². The first-order valence-electron chi connectivity index (χ1n) is 8.67. The van der Waals surface area contributed by atoms with Crippen molar-refractivity contribution in [3.63, 3.8) is 0 Å². The highest BCUT2D eigenvalue weighted by molar-refractivity contribution is 5.71. The third kappa shape index (κ3) is 6.00. The van der Waals surface area contributed by atoms with E-state index in [9.17, 15) is 4.79 Å². The quantitative estimate of drug-likeness (QED) is 0.771. The van der Waals surface area contributed by atoms with Gasteiger partial charge in [-0.15, -0.1) is 0 Å². The van der Waals surface area contributed by atoms with E-state index in [0.29, 0.717) is 6.42 Å². The second kappa shape index (κ2) is 8.34. The molecule has 1 fully saturated rings. The lowest BCUT2D eigenvalue weighted by atomic mass is 10.0. The van der Waals surface area contributed by atoms with Gasteiger partial charge < -0.3 is 14.4 Å². The fraction of sp³-hybridized carbons (Fsp3) is 0.550. The molecule has 0 N–H and O–H groups in total. The van der Waals surface area contributed by atoms with Gasteiger partial charge in [0.15, 0.2) is 0 Å². The molecule has 0 bridgehead atoms. The summed E-state index contributed by atoms with van der Waals surface area (Å²) in [5.74, 6) is -0.0430. The van der Waals surface area contributed by atoms with Crippen LogP contribution in [0.2, 0.25) is 0 Å². The van der Waals surface area contributed by atoms with Crippen molar-refractivity contribution >= 4 is 11.7 Å². The highest BCUT2D eigenvalue weighted by Crippen LogP contribution is 2.24. The second-order valence-electron chi connectivity index (χ2n) is 7.29. The number of carbonyl (C=O) groups excluding carboxylic acids is 1. The average Bonchev–Trinajstić information content (AvgIpc) is 2.52. The van der Waals surface area contributed by atoms with Gasteiger partial charge in [-0.25, -0.2) is 0 Å². The molecule has 0 radical (unpaired) electrons. The molecule has 1 unspecified atom stereocenters. The highest BCUT2D eigenvalue weighted by Gasteiger charge is 2.20. The van der Waals surface area contributed by atoms with Gasteiger partial charge in [0.2, 0.25) is 0 Å². The molecule has 1 aromatic rings. The van der Waals surface area contributed by atoms with Crippen molar-refractivity contribution in [3.8, 4) is 0 Å². The molecule has 4 nitrogen and oxygen atoms in total. The molecule has 0 aromatic heterocycles. The number of nitrogens with zero attached hydrogens (tertiary/aromatic N) is 1. The summed E-state index contributed by atoms with van der Waals surface area (Å²) >= 11 is 0. The third-order valence-corrected chi connectivity index (χ3v) is 3.77. The molecule has 24 heavy (non-hydrogen) atoms. The summed E-state index contributed by atoms with van der Waals surface area (Å²) in [6.07, 6.45) is 2.57. The van der Waals surface area contributed by atoms with E-state index in [-0.39, 0.29) is 11.9 Å². The number of benzene rings is 1. The molecule has 0 saturated carbocycles. The van der Waals surface area contributed by atoms with E-state index < -0.39 is 5.60 Å². The molecule has 1 saturated heterocycles. The van der Waals surface area contributed by atoms with Crippen LogP contribution in [0.25, 0.3) is 5.70 Å². The van der Waals surface area contributed by atoms with E-state index in [2.05, 4.69) is 30.0 Å². The first kappa shape index (κ1) is 18.5. The third-order valence-electron chi connectivity index (χ3n) is 3.77. The van der Waals surface area contributed by atoms with E-state index in [1.807, 2.05) is 39.0 Å². The minimum absolute atomic E-state index is 0.109. The standard InChI is InChI=1S/C20H29NO3/c1-16(15-19(22)24-20(2,3)4)14-18(17-8-6-5-7-9-17)21-10-12-23-13-11-21/h5-9,14,16H,10-13,15H2,1-4H3/b18-14+. The lowest BCUT2D eigenvalue weighted by Gasteiger charge is -2.32. The molecule has 132 valence electrons. The maximum absolute atomic E-state index is 12.1. The largest absolute Gasteiger partial charge is 0.460 e. The molecule has 1 atom stereocenters. The fourth-order valence-corrected chi connectivity index (χ4v) is 2.77. The summed E-state index contributed by atoms with van der Waals surface area (Å²) < 4.78 is 10.9. The van der Waals surface area contributed by atoms with E-state index in [0.717, 1.165) is 26.3 Å². The number of carbonyl (C=O) groups is 1. The molecule has 1 aliphatic rings. The predicted molar refractivity (Wildman–Crippen MR) is 96.4 cm³/mol. The van der Waals surface area contributed by atoms with Gasteiger partial charge in [-0.3, -0.25) is 4.79 Å². The van der Waals surface area contributed by atoms with Gasteiger partial charge in [0.05, 0.1) is 19.6 Å². The van der Waals surface area contributed by atoms with Crippen molar-refractivity contribution in [1.82, 2.24) is 4.90 Å². The lowest BCUT2D eigenvalue weighted by Crippen LogP contribution is -2.35. The van der Waals surface area contributed by atoms with Gasteiger partial charge in [0.25, 0.3) is 0 Å². The van der Waals surface area contributed by atoms with Crippen LogP contribution in [-0.4, -0.2) is 42.8 Å². The van der Waals surface area contributed by atoms with Crippen LogP contribution in [0.4, 0.5) is 0 Å². The Hall–Kier alpha value is -1.81. The summed E-state index contributed by atoms with van der Waals surface area (Å²) in [4.78, 5) is 14.4. The smallest absolute Gasteiger partial charge is 0.306 e. The molecule has 4 heteroatoms. The van der Waals surface area contributed by atoms with Crippen LogP contribution < -0.4 is 0 Å². The molecule has 0 amide bonds. The molecule has 0 spiro atoms. The van der Waals surface area contributed by atoms with Gasteiger partial charge in [-0.1, -0.05) is 43.3 Å². The average molecular weight is 331 g/mol. The zero-order valence-electron chi connectivity index (χ0n) is 15.2. The van der Waals surface area contributed by atoms with E-state index in [1.165, 1.54) is 11.3 Å². The predicted octanol–water partition coefficient (Wildman–Crippen LogP) is 3.73. The Balaban J connectivity index is 2.13.